The second-order valence-corrected chi connectivity index (χ2v) is 5.95. The molecular formula is C21H15N2+. The van der Waals surface area contributed by atoms with Crippen molar-refractivity contribution < 1.29 is 4.57 Å². The lowest BCUT2D eigenvalue weighted by Crippen LogP contribution is -2.36. The van der Waals surface area contributed by atoms with Gasteiger partial charge in [0.15, 0.2) is 12.7 Å². The van der Waals surface area contributed by atoms with Crippen molar-refractivity contribution in [3.8, 4) is 22.5 Å². The highest BCUT2D eigenvalue weighted by Crippen LogP contribution is 2.43. The summed E-state index contributed by atoms with van der Waals surface area (Å²) in [4.78, 5) is 4.65. The van der Waals surface area contributed by atoms with Gasteiger partial charge in [0.05, 0.1) is 16.6 Å². The molecule has 0 aliphatic heterocycles. The van der Waals surface area contributed by atoms with Crippen molar-refractivity contribution >= 4 is 10.8 Å². The molecule has 2 nitrogen and oxygen atoms in total. The Kier molecular flexibility index (Phi) is 2.59. The molecule has 1 aliphatic rings. The van der Waals surface area contributed by atoms with Crippen LogP contribution < -0.4 is 4.57 Å². The Bertz CT molecular complexity index is 1040. The number of hydrogen-bond acceptors (Lipinski definition) is 1. The standard InChI is InChI=1S/C21H15N2/c1-2-6-15(7-3-1)14-23-13-11-16-10-12-22-20-17-8-4-5-9-18(17)21(23)19(16)20/h1-13H,14H2/q+1. The fraction of sp³-hybridized carbons (Fsp3) is 0.0476. The van der Waals surface area contributed by atoms with E-state index in [1.54, 1.807) is 0 Å². The molecule has 108 valence electrons. The number of benzene rings is 2. The first-order valence-electron chi connectivity index (χ1n) is 7.87. The van der Waals surface area contributed by atoms with Gasteiger partial charge >= 0.3 is 0 Å². The SMILES string of the molecule is c1ccc(C[n+]2ccc3ccnc4c3c2-c2ccccc2-4)cc1. The number of rotatable bonds is 2. The summed E-state index contributed by atoms with van der Waals surface area (Å²) in [6.45, 7) is 0.870. The van der Waals surface area contributed by atoms with Gasteiger partial charge in [-0.3, -0.25) is 4.98 Å². The van der Waals surface area contributed by atoms with Gasteiger partial charge in [-0.2, -0.15) is 4.57 Å². The molecule has 0 radical (unpaired) electrons. The first kappa shape index (κ1) is 12.5. The molecule has 0 atom stereocenters. The first-order valence-corrected chi connectivity index (χ1v) is 7.87. The number of fused-ring (bicyclic) bond motifs is 3. The third-order valence-electron chi connectivity index (χ3n) is 4.57. The summed E-state index contributed by atoms with van der Waals surface area (Å²) in [5.41, 5.74) is 6.22. The van der Waals surface area contributed by atoms with Gasteiger partial charge in [0, 0.05) is 23.4 Å². The molecule has 2 heteroatoms. The molecule has 0 saturated carbocycles. The van der Waals surface area contributed by atoms with Crippen LogP contribution in [0.3, 0.4) is 0 Å². The van der Waals surface area contributed by atoms with Crippen LogP contribution >= 0.6 is 0 Å². The van der Waals surface area contributed by atoms with E-state index < -0.39 is 0 Å². The molecule has 5 rings (SSSR count). The second kappa shape index (κ2) is 4.75. The van der Waals surface area contributed by atoms with Crippen LogP contribution in [0, 0.1) is 0 Å². The van der Waals surface area contributed by atoms with Gasteiger partial charge < -0.3 is 0 Å². The van der Waals surface area contributed by atoms with Gasteiger partial charge in [0.2, 0.25) is 5.69 Å². The third kappa shape index (κ3) is 1.82. The predicted octanol–water partition coefficient (Wildman–Crippen LogP) is 4.22. The normalized spacial score (nSPS) is 11.7. The smallest absolute Gasteiger partial charge is 0.223 e. The van der Waals surface area contributed by atoms with E-state index in [0.29, 0.717) is 0 Å². The van der Waals surface area contributed by atoms with Crippen molar-refractivity contribution in [2.75, 3.05) is 0 Å². The van der Waals surface area contributed by atoms with Gasteiger partial charge in [-0.25, -0.2) is 0 Å². The van der Waals surface area contributed by atoms with Crippen molar-refractivity contribution in [1.29, 1.82) is 0 Å². The van der Waals surface area contributed by atoms with Gasteiger partial charge in [0.25, 0.3) is 0 Å². The first-order chi connectivity index (χ1) is 11.4. The molecule has 0 amide bonds. The fourth-order valence-corrected chi connectivity index (χ4v) is 3.55. The van der Waals surface area contributed by atoms with Gasteiger partial charge in [-0.05, 0) is 17.5 Å². The number of pyridine rings is 2. The zero-order chi connectivity index (χ0) is 15.2. The van der Waals surface area contributed by atoms with Crippen LogP contribution in [-0.2, 0) is 6.54 Å². The van der Waals surface area contributed by atoms with E-state index in [-0.39, 0.29) is 0 Å². The van der Waals surface area contributed by atoms with Crippen molar-refractivity contribution in [2.45, 2.75) is 6.54 Å². The molecule has 1 aliphatic carbocycles. The van der Waals surface area contributed by atoms with Gasteiger partial charge in [-0.1, -0.05) is 48.5 Å². The molecule has 0 N–H and O–H groups in total. The van der Waals surface area contributed by atoms with Gasteiger partial charge in [-0.15, -0.1) is 0 Å². The largest absolute Gasteiger partial charge is 0.255 e. The minimum Gasteiger partial charge on any atom is -0.255 e. The average Bonchev–Trinajstić information content (AvgIpc) is 2.95. The van der Waals surface area contributed by atoms with E-state index in [1.807, 2.05) is 6.20 Å². The third-order valence-corrected chi connectivity index (χ3v) is 4.57. The Morgan fingerprint density at radius 2 is 1.57 bits per heavy atom. The summed E-state index contributed by atoms with van der Waals surface area (Å²) in [6, 6.07) is 23.5. The molecular weight excluding hydrogens is 280 g/mol. The maximum Gasteiger partial charge on any atom is 0.223 e. The highest BCUT2D eigenvalue weighted by Gasteiger charge is 2.30. The minimum absolute atomic E-state index is 0.870. The van der Waals surface area contributed by atoms with Crippen molar-refractivity contribution in [1.82, 2.24) is 4.98 Å². The Morgan fingerprint density at radius 3 is 2.43 bits per heavy atom. The zero-order valence-electron chi connectivity index (χ0n) is 12.6. The second-order valence-electron chi connectivity index (χ2n) is 5.95. The molecule has 2 aromatic carbocycles. The van der Waals surface area contributed by atoms with E-state index >= 15 is 0 Å². The maximum atomic E-state index is 4.65. The monoisotopic (exact) mass is 295 g/mol. The summed E-state index contributed by atoms with van der Waals surface area (Å²) in [5, 5.41) is 2.53. The summed E-state index contributed by atoms with van der Waals surface area (Å²) >= 11 is 0. The van der Waals surface area contributed by atoms with E-state index in [1.165, 1.54) is 33.2 Å². The summed E-state index contributed by atoms with van der Waals surface area (Å²) < 4.78 is 2.34. The molecule has 0 fully saturated rings. The molecule has 4 aromatic rings. The topological polar surface area (TPSA) is 16.8 Å². The predicted molar refractivity (Wildman–Crippen MR) is 91.9 cm³/mol. The fourth-order valence-electron chi connectivity index (χ4n) is 3.55. The number of hydrogen-bond donors (Lipinski definition) is 0. The Balaban J connectivity index is 1.81. The zero-order valence-corrected chi connectivity index (χ0v) is 12.6. The van der Waals surface area contributed by atoms with Crippen molar-refractivity contribution in [2.24, 2.45) is 0 Å². The van der Waals surface area contributed by atoms with E-state index in [4.69, 9.17) is 0 Å². The molecule has 0 saturated heterocycles. The molecule has 23 heavy (non-hydrogen) atoms. The number of aromatic nitrogens is 2. The van der Waals surface area contributed by atoms with Crippen LogP contribution in [0.5, 0.6) is 0 Å². The van der Waals surface area contributed by atoms with Crippen LogP contribution in [0.25, 0.3) is 33.3 Å². The van der Waals surface area contributed by atoms with E-state index in [0.717, 1.165) is 12.2 Å². The van der Waals surface area contributed by atoms with Crippen LogP contribution in [0.4, 0.5) is 0 Å². The van der Waals surface area contributed by atoms with Crippen LogP contribution in [0.1, 0.15) is 5.56 Å². The lowest BCUT2D eigenvalue weighted by Gasteiger charge is -2.04. The summed E-state index contributed by atoms with van der Waals surface area (Å²) in [6.07, 6.45) is 4.10. The van der Waals surface area contributed by atoms with Gasteiger partial charge in [0.1, 0.15) is 0 Å². The molecule has 2 aromatic heterocycles. The minimum atomic E-state index is 0.870. The molecule has 0 spiro atoms. The highest BCUT2D eigenvalue weighted by molar-refractivity contribution is 6.11. The van der Waals surface area contributed by atoms with E-state index in [9.17, 15) is 0 Å². The van der Waals surface area contributed by atoms with Crippen LogP contribution in [-0.4, -0.2) is 4.98 Å². The molecule has 0 bridgehead atoms. The summed E-state index contributed by atoms with van der Waals surface area (Å²) in [7, 11) is 0. The Hall–Kier alpha value is -3.00. The van der Waals surface area contributed by atoms with Crippen LogP contribution in [0.2, 0.25) is 0 Å². The molecule has 2 heterocycles. The highest BCUT2D eigenvalue weighted by atomic mass is 15.0. The lowest BCUT2D eigenvalue weighted by atomic mass is 10.1. The summed E-state index contributed by atoms with van der Waals surface area (Å²) in [5.74, 6) is 0. The van der Waals surface area contributed by atoms with E-state index in [2.05, 4.69) is 82.5 Å². The quantitative estimate of drug-likeness (QED) is 0.446. The lowest BCUT2D eigenvalue weighted by molar-refractivity contribution is -0.676. The van der Waals surface area contributed by atoms with Crippen molar-refractivity contribution in [3.05, 3.63) is 84.7 Å². The number of nitrogens with zero attached hydrogens (tertiary/aromatic N) is 2. The Labute approximate surface area is 134 Å². The van der Waals surface area contributed by atoms with Crippen molar-refractivity contribution in [3.63, 3.8) is 0 Å². The average molecular weight is 295 g/mol. The van der Waals surface area contributed by atoms with Crippen LogP contribution in [0.15, 0.2) is 79.1 Å². The molecule has 0 unspecified atom stereocenters. The maximum absolute atomic E-state index is 4.65. The Morgan fingerprint density at radius 1 is 0.783 bits per heavy atom.